The number of carbonyl (C=O) groups is 1. The van der Waals surface area contributed by atoms with E-state index >= 15 is 0 Å². The van der Waals surface area contributed by atoms with Crippen molar-refractivity contribution in [1.82, 2.24) is 14.9 Å². The molecule has 98 valence electrons. The van der Waals surface area contributed by atoms with Crippen LogP contribution in [0.25, 0.3) is 0 Å². The Balaban J connectivity index is 1.86. The van der Waals surface area contributed by atoms with Crippen molar-refractivity contribution in [3.63, 3.8) is 0 Å². The fourth-order valence-corrected chi connectivity index (χ4v) is 2.29. The zero-order chi connectivity index (χ0) is 13.5. The molecule has 0 bridgehead atoms. The number of amides is 1. The number of aryl methyl sites for hydroxylation is 1. The maximum atomic E-state index is 13.8. The van der Waals surface area contributed by atoms with Gasteiger partial charge in [-0.05, 0) is 18.9 Å². The summed E-state index contributed by atoms with van der Waals surface area (Å²) in [4.78, 5) is 16.2. The van der Waals surface area contributed by atoms with Gasteiger partial charge in [-0.3, -0.25) is 4.79 Å². The molecule has 0 spiro atoms. The lowest BCUT2D eigenvalue weighted by molar-refractivity contribution is 0.0916. The maximum absolute atomic E-state index is 13.8. The predicted octanol–water partition coefficient (Wildman–Crippen LogP) is 1.98. The van der Waals surface area contributed by atoms with Gasteiger partial charge in [0.1, 0.15) is 5.82 Å². The minimum atomic E-state index is -0.561. The smallest absolute Gasteiger partial charge is 0.287 e. The number of hydrogen-bond acceptors (Lipinski definition) is 2. The second-order valence-electron chi connectivity index (χ2n) is 4.88. The quantitative estimate of drug-likeness (QED) is 0.916. The Morgan fingerprint density at radius 1 is 1.42 bits per heavy atom. The highest BCUT2D eigenvalue weighted by atomic mass is 19.1. The molecular formula is C14H14FN3O. The highest BCUT2D eigenvalue weighted by molar-refractivity contribution is 5.91. The number of halogens is 1. The van der Waals surface area contributed by atoms with E-state index in [4.69, 9.17) is 0 Å². The van der Waals surface area contributed by atoms with Gasteiger partial charge < -0.3 is 9.88 Å². The molecule has 1 saturated carbocycles. The molecule has 0 radical (unpaired) electrons. The van der Waals surface area contributed by atoms with Gasteiger partial charge in [0.05, 0.1) is 5.54 Å². The summed E-state index contributed by atoms with van der Waals surface area (Å²) in [6, 6.07) is 6.57. The molecule has 4 nitrogen and oxygen atoms in total. The zero-order valence-corrected chi connectivity index (χ0v) is 10.6. The average Bonchev–Trinajstić information content (AvgIpc) is 3.02. The van der Waals surface area contributed by atoms with Gasteiger partial charge in [0, 0.05) is 25.0 Å². The van der Waals surface area contributed by atoms with Crippen molar-refractivity contribution >= 4 is 5.91 Å². The van der Waals surface area contributed by atoms with Crippen LogP contribution in [0.15, 0.2) is 36.7 Å². The first-order valence-electron chi connectivity index (χ1n) is 6.17. The molecule has 1 N–H and O–H groups in total. The first kappa shape index (κ1) is 11.9. The SMILES string of the molecule is Cn1ccnc1C(=O)NC1(c2ccccc2F)CC1. The van der Waals surface area contributed by atoms with Gasteiger partial charge in [0.25, 0.3) is 5.91 Å². The standard InChI is InChI=1S/C14H14FN3O/c1-18-9-8-16-12(18)13(19)17-14(6-7-14)10-4-2-3-5-11(10)15/h2-5,8-9H,6-7H2,1H3,(H,17,19). The number of hydrogen-bond donors (Lipinski definition) is 1. The fraction of sp³-hybridized carbons (Fsp3) is 0.286. The molecule has 3 rings (SSSR count). The van der Waals surface area contributed by atoms with E-state index in [2.05, 4.69) is 10.3 Å². The molecule has 1 aromatic carbocycles. The lowest BCUT2D eigenvalue weighted by atomic mass is 10.0. The van der Waals surface area contributed by atoms with E-state index in [-0.39, 0.29) is 11.7 Å². The minimum Gasteiger partial charge on any atom is -0.340 e. The van der Waals surface area contributed by atoms with E-state index < -0.39 is 5.54 Å². The van der Waals surface area contributed by atoms with Crippen LogP contribution in [0.2, 0.25) is 0 Å². The summed E-state index contributed by atoms with van der Waals surface area (Å²) in [5.74, 6) is -0.212. The van der Waals surface area contributed by atoms with E-state index in [1.807, 2.05) is 0 Å². The topological polar surface area (TPSA) is 46.9 Å². The Hall–Kier alpha value is -2.17. The Bertz CT molecular complexity index is 631. The minimum absolute atomic E-state index is 0.270. The number of nitrogens with zero attached hydrogens (tertiary/aromatic N) is 2. The molecule has 0 atom stereocenters. The molecule has 1 amide bonds. The van der Waals surface area contributed by atoms with Crippen molar-refractivity contribution in [3.05, 3.63) is 53.9 Å². The van der Waals surface area contributed by atoms with Gasteiger partial charge >= 0.3 is 0 Å². The van der Waals surface area contributed by atoms with Gasteiger partial charge in [-0.1, -0.05) is 18.2 Å². The van der Waals surface area contributed by atoms with E-state index in [1.54, 1.807) is 42.2 Å². The van der Waals surface area contributed by atoms with Crippen LogP contribution in [0.1, 0.15) is 29.0 Å². The summed E-state index contributed by atoms with van der Waals surface area (Å²) in [6.45, 7) is 0. The van der Waals surface area contributed by atoms with Crippen LogP contribution >= 0.6 is 0 Å². The van der Waals surface area contributed by atoms with Gasteiger partial charge in [-0.15, -0.1) is 0 Å². The number of rotatable bonds is 3. The summed E-state index contributed by atoms with van der Waals surface area (Å²) in [6.07, 6.45) is 4.78. The van der Waals surface area contributed by atoms with Crippen LogP contribution in [0.3, 0.4) is 0 Å². The van der Waals surface area contributed by atoms with Gasteiger partial charge in [-0.2, -0.15) is 0 Å². The molecule has 19 heavy (non-hydrogen) atoms. The number of benzene rings is 1. The molecule has 1 fully saturated rings. The summed E-state index contributed by atoms with van der Waals surface area (Å²) in [5.41, 5.74) is -0.00784. The fourth-order valence-electron chi connectivity index (χ4n) is 2.29. The molecule has 1 heterocycles. The zero-order valence-electron chi connectivity index (χ0n) is 10.6. The average molecular weight is 259 g/mol. The lowest BCUT2D eigenvalue weighted by Gasteiger charge is -2.18. The van der Waals surface area contributed by atoms with Crippen molar-refractivity contribution in [1.29, 1.82) is 0 Å². The number of carbonyl (C=O) groups excluding carboxylic acids is 1. The third-order valence-corrected chi connectivity index (χ3v) is 3.52. The number of aromatic nitrogens is 2. The van der Waals surface area contributed by atoms with Crippen LogP contribution in [0.4, 0.5) is 4.39 Å². The first-order chi connectivity index (χ1) is 9.12. The van der Waals surface area contributed by atoms with Crippen LogP contribution < -0.4 is 5.32 Å². The summed E-state index contributed by atoms with van der Waals surface area (Å²) < 4.78 is 15.5. The predicted molar refractivity (Wildman–Crippen MR) is 68.0 cm³/mol. The van der Waals surface area contributed by atoms with Crippen LogP contribution in [0.5, 0.6) is 0 Å². The third-order valence-electron chi connectivity index (χ3n) is 3.52. The Labute approximate surface area is 110 Å². The lowest BCUT2D eigenvalue weighted by Crippen LogP contribution is -2.36. The molecule has 2 aromatic rings. The first-order valence-corrected chi connectivity index (χ1v) is 6.17. The molecule has 1 aromatic heterocycles. The van der Waals surface area contributed by atoms with E-state index in [9.17, 15) is 9.18 Å². The summed E-state index contributed by atoms with van der Waals surface area (Å²) >= 11 is 0. The largest absolute Gasteiger partial charge is 0.340 e. The highest BCUT2D eigenvalue weighted by Gasteiger charge is 2.47. The highest BCUT2D eigenvalue weighted by Crippen LogP contribution is 2.46. The monoisotopic (exact) mass is 259 g/mol. The van der Waals surface area contributed by atoms with Crippen molar-refractivity contribution in [2.45, 2.75) is 18.4 Å². The van der Waals surface area contributed by atoms with Crippen molar-refractivity contribution in [2.24, 2.45) is 7.05 Å². The van der Waals surface area contributed by atoms with Crippen molar-refractivity contribution in [2.75, 3.05) is 0 Å². The van der Waals surface area contributed by atoms with E-state index in [0.29, 0.717) is 11.4 Å². The van der Waals surface area contributed by atoms with Crippen molar-refractivity contribution < 1.29 is 9.18 Å². The van der Waals surface area contributed by atoms with Crippen LogP contribution in [-0.2, 0) is 12.6 Å². The second-order valence-corrected chi connectivity index (χ2v) is 4.88. The van der Waals surface area contributed by atoms with Gasteiger partial charge in [0.2, 0.25) is 0 Å². The van der Waals surface area contributed by atoms with E-state index in [0.717, 1.165) is 12.8 Å². The number of nitrogens with one attached hydrogen (secondary N) is 1. The Morgan fingerprint density at radius 3 is 2.74 bits per heavy atom. The molecular weight excluding hydrogens is 245 g/mol. The third kappa shape index (κ3) is 2.01. The molecule has 1 aliphatic rings. The molecule has 0 aliphatic heterocycles. The second kappa shape index (κ2) is 4.19. The molecule has 5 heteroatoms. The summed E-state index contributed by atoms with van der Waals surface area (Å²) in [5, 5.41) is 2.91. The van der Waals surface area contributed by atoms with Gasteiger partial charge in [0.15, 0.2) is 5.82 Å². The number of imidazole rings is 1. The van der Waals surface area contributed by atoms with Gasteiger partial charge in [-0.25, -0.2) is 9.37 Å². The molecule has 0 unspecified atom stereocenters. The van der Waals surface area contributed by atoms with Crippen molar-refractivity contribution in [3.8, 4) is 0 Å². The summed E-state index contributed by atoms with van der Waals surface area (Å²) in [7, 11) is 1.75. The van der Waals surface area contributed by atoms with Crippen LogP contribution in [-0.4, -0.2) is 15.5 Å². The Kier molecular flexibility index (Phi) is 2.62. The molecule has 0 saturated heterocycles. The normalized spacial score (nSPS) is 16.1. The molecule has 1 aliphatic carbocycles. The Morgan fingerprint density at radius 2 is 2.16 bits per heavy atom. The van der Waals surface area contributed by atoms with Crippen LogP contribution in [0, 0.1) is 5.82 Å². The van der Waals surface area contributed by atoms with E-state index in [1.165, 1.54) is 6.07 Å². The maximum Gasteiger partial charge on any atom is 0.287 e.